The fourth-order valence-electron chi connectivity index (χ4n) is 1.69. The lowest BCUT2D eigenvalue weighted by atomic mass is 10.0. The van der Waals surface area contributed by atoms with Crippen molar-refractivity contribution in [1.82, 2.24) is 0 Å². The summed E-state index contributed by atoms with van der Waals surface area (Å²) >= 11 is 0. The molecule has 17 heavy (non-hydrogen) atoms. The third-order valence-corrected chi connectivity index (χ3v) is 2.64. The van der Waals surface area contributed by atoms with E-state index in [4.69, 9.17) is 11.5 Å². The zero-order valence-electron chi connectivity index (χ0n) is 9.22. The van der Waals surface area contributed by atoms with Gasteiger partial charge in [0.2, 0.25) is 0 Å². The molecule has 4 heteroatoms. The van der Waals surface area contributed by atoms with E-state index in [1.165, 1.54) is 12.1 Å². The average molecular weight is 230 g/mol. The van der Waals surface area contributed by atoms with Crippen LogP contribution in [-0.2, 0) is 6.42 Å². The summed E-state index contributed by atoms with van der Waals surface area (Å²) in [6.45, 7) is 0. The van der Waals surface area contributed by atoms with Crippen LogP contribution in [0.4, 0.5) is 11.4 Å². The summed E-state index contributed by atoms with van der Waals surface area (Å²) in [5, 5.41) is 18.5. The topological polar surface area (TPSA) is 92.5 Å². The Bertz CT molecular complexity index is 504. The highest BCUT2D eigenvalue weighted by molar-refractivity contribution is 5.57. The molecule has 0 aliphatic carbocycles. The van der Waals surface area contributed by atoms with Crippen LogP contribution >= 0.6 is 0 Å². The minimum atomic E-state index is 0.143. The van der Waals surface area contributed by atoms with E-state index in [9.17, 15) is 10.2 Å². The number of rotatable bonds is 2. The number of hydrogen-bond donors (Lipinski definition) is 4. The Morgan fingerprint density at radius 2 is 1.18 bits per heavy atom. The average Bonchev–Trinajstić information content (AvgIpc) is 2.25. The predicted molar refractivity (Wildman–Crippen MR) is 67.8 cm³/mol. The van der Waals surface area contributed by atoms with E-state index < -0.39 is 0 Å². The van der Waals surface area contributed by atoms with Gasteiger partial charge in [0.1, 0.15) is 11.5 Å². The molecule has 6 N–H and O–H groups in total. The lowest BCUT2D eigenvalue weighted by molar-refractivity contribution is 0.475. The SMILES string of the molecule is Nc1cc(O)ccc1Cc1ccc(O)cc1N. The second kappa shape index (κ2) is 4.25. The molecule has 0 saturated carbocycles. The maximum absolute atomic E-state index is 9.26. The Kier molecular flexibility index (Phi) is 2.78. The summed E-state index contributed by atoms with van der Waals surface area (Å²) in [4.78, 5) is 0. The lowest BCUT2D eigenvalue weighted by Gasteiger charge is -2.09. The maximum atomic E-state index is 9.26. The van der Waals surface area contributed by atoms with Crippen molar-refractivity contribution in [3.8, 4) is 11.5 Å². The van der Waals surface area contributed by atoms with Gasteiger partial charge in [-0.1, -0.05) is 12.1 Å². The Morgan fingerprint density at radius 1 is 0.765 bits per heavy atom. The van der Waals surface area contributed by atoms with Gasteiger partial charge in [-0.2, -0.15) is 0 Å². The molecule has 4 nitrogen and oxygen atoms in total. The first-order valence-electron chi connectivity index (χ1n) is 5.21. The van der Waals surface area contributed by atoms with Crippen LogP contribution in [0.1, 0.15) is 11.1 Å². The summed E-state index contributed by atoms with van der Waals surface area (Å²) in [6.07, 6.45) is 0.568. The largest absolute Gasteiger partial charge is 0.508 e. The summed E-state index contributed by atoms with van der Waals surface area (Å²) in [5.74, 6) is 0.287. The summed E-state index contributed by atoms with van der Waals surface area (Å²) in [5.41, 5.74) is 14.4. The number of nitrogens with two attached hydrogens (primary N) is 2. The van der Waals surface area contributed by atoms with Crippen LogP contribution in [0.5, 0.6) is 11.5 Å². The van der Waals surface area contributed by atoms with Gasteiger partial charge in [0.15, 0.2) is 0 Å². The molecule has 0 heterocycles. The molecule has 0 unspecified atom stereocenters. The molecule has 0 bridgehead atoms. The second-order valence-corrected chi connectivity index (χ2v) is 3.94. The zero-order valence-corrected chi connectivity index (χ0v) is 9.22. The Morgan fingerprint density at radius 3 is 1.53 bits per heavy atom. The van der Waals surface area contributed by atoms with Gasteiger partial charge in [-0.15, -0.1) is 0 Å². The highest BCUT2D eigenvalue weighted by Gasteiger charge is 2.05. The third kappa shape index (κ3) is 2.42. The molecule has 0 radical (unpaired) electrons. The number of aromatic hydroxyl groups is 2. The van der Waals surface area contributed by atoms with Gasteiger partial charge in [0, 0.05) is 29.9 Å². The van der Waals surface area contributed by atoms with Crippen LogP contribution in [0.2, 0.25) is 0 Å². The van der Waals surface area contributed by atoms with Crippen molar-refractivity contribution in [3.63, 3.8) is 0 Å². The molecule has 0 fully saturated rings. The van der Waals surface area contributed by atoms with Crippen LogP contribution in [-0.4, -0.2) is 10.2 Å². The molecule has 0 spiro atoms. The second-order valence-electron chi connectivity index (χ2n) is 3.94. The number of phenolic OH excluding ortho intramolecular Hbond substituents is 2. The van der Waals surface area contributed by atoms with Crippen LogP contribution in [0.15, 0.2) is 36.4 Å². The third-order valence-electron chi connectivity index (χ3n) is 2.64. The molecular weight excluding hydrogens is 216 g/mol. The van der Waals surface area contributed by atoms with E-state index in [-0.39, 0.29) is 11.5 Å². The Hall–Kier alpha value is -2.36. The van der Waals surface area contributed by atoms with E-state index in [0.717, 1.165) is 11.1 Å². The van der Waals surface area contributed by atoms with Crippen molar-refractivity contribution in [2.24, 2.45) is 0 Å². The Labute approximate surface area is 99.1 Å². The number of hydrogen-bond acceptors (Lipinski definition) is 4. The van der Waals surface area contributed by atoms with Crippen molar-refractivity contribution in [2.45, 2.75) is 6.42 Å². The fourth-order valence-corrected chi connectivity index (χ4v) is 1.69. The van der Waals surface area contributed by atoms with Gasteiger partial charge in [0.25, 0.3) is 0 Å². The molecule has 2 aromatic rings. The fraction of sp³-hybridized carbons (Fsp3) is 0.0769. The summed E-state index contributed by atoms with van der Waals surface area (Å²) < 4.78 is 0. The van der Waals surface area contributed by atoms with Crippen molar-refractivity contribution in [2.75, 3.05) is 11.5 Å². The number of nitrogen functional groups attached to an aromatic ring is 2. The van der Waals surface area contributed by atoms with Crippen molar-refractivity contribution in [1.29, 1.82) is 0 Å². The molecular formula is C13H14N2O2. The van der Waals surface area contributed by atoms with E-state index in [1.807, 2.05) is 0 Å². The molecule has 0 amide bonds. The molecule has 0 aromatic heterocycles. The van der Waals surface area contributed by atoms with E-state index >= 15 is 0 Å². The first-order chi connectivity index (χ1) is 8.06. The minimum absolute atomic E-state index is 0.143. The van der Waals surface area contributed by atoms with Crippen molar-refractivity contribution in [3.05, 3.63) is 47.5 Å². The highest BCUT2D eigenvalue weighted by Crippen LogP contribution is 2.25. The van der Waals surface area contributed by atoms with Gasteiger partial charge in [0.05, 0.1) is 0 Å². The summed E-state index contributed by atoms with van der Waals surface area (Å²) in [6, 6.07) is 9.70. The first kappa shape index (κ1) is 11.1. The van der Waals surface area contributed by atoms with Gasteiger partial charge in [-0.3, -0.25) is 0 Å². The Balaban J connectivity index is 2.31. The van der Waals surface area contributed by atoms with Crippen LogP contribution in [0, 0.1) is 0 Å². The molecule has 2 rings (SSSR count). The molecule has 0 saturated heterocycles. The van der Waals surface area contributed by atoms with Crippen LogP contribution in [0.25, 0.3) is 0 Å². The predicted octanol–water partition coefficient (Wildman–Crippen LogP) is 1.85. The van der Waals surface area contributed by atoms with E-state index in [0.29, 0.717) is 17.8 Å². The monoisotopic (exact) mass is 230 g/mol. The smallest absolute Gasteiger partial charge is 0.117 e. The summed E-state index contributed by atoms with van der Waals surface area (Å²) in [7, 11) is 0. The van der Waals surface area contributed by atoms with E-state index in [2.05, 4.69) is 0 Å². The van der Waals surface area contributed by atoms with Gasteiger partial charge < -0.3 is 21.7 Å². The van der Waals surface area contributed by atoms with Gasteiger partial charge in [-0.25, -0.2) is 0 Å². The molecule has 2 aromatic carbocycles. The standard InChI is InChI=1S/C13H14N2O2/c14-12-6-10(16)3-1-8(12)5-9-2-4-11(17)7-13(9)15/h1-4,6-7,16-17H,5,14-15H2. The number of anilines is 2. The van der Waals surface area contributed by atoms with Gasteiger partial charge >= 0.3 is 0 Å². The van der Waals surface area contributed by atoms with Crippen molar-refractivity contribution < 1.29 is 10.2 Å². The highest BCUT2D eigenvalue weighted by atomic mass is 16.3. The molecule has 0 aliphatic rings. The number of benzene rings is 2. The number of phenols is 2. The quantitative estimate of drug-likeness (QED) is 0.592. The lowest BCUT2D eigenvalue weighted by Crippen LogP contribution is -1.99. The molecule has 88 valence electrons. The zero-order chi connectivity index (χ0) is 12.4. The van der Waals surface area contributed by atoms with Crippen LogP contribution < -0.4 is 11.5 Å². The van der Waals surface area contributed by atoms with Crippen LogP contribution in [0.3, 0.4) is 0 Å². The van der Waals surface area contributed by atoms with E-state index in [1.54, 1.807) is 24.3 Å². The molecule has 0 atom stereocenters. The molecule has 0 aliphatic heterocycles. The minimum Gasteiger partial charge on any atom is -0.508 e. The first-order valence-corrected chi connectivity index (χ1v) is 5.21. The maximum Gasteiger partial charge on any atom is 0.117 e. The van der Waals surface area contributed by atoms with Gasteiger partial charge in [-0.05, 0) is 23.3 Å². The normalized spacial score (nSPS) is 10.4. The van der Waals surface area contributed by atoms with Crippen molar-refractivity contribution >= 4 is 11.4 Å².